The van der Waals surface area contributed by atoms with Gasteiger partial charge in [-0.1, -0.05) is 0 Å². The van der Waals surface area contributed by atoms with Crippen LogP contribution in [-0.2, 0) is 9.47 Å². The number of hydrogen-bond donors (Lipinski definition) is 1. The molecule has 1 unspecified atom stereocenters. The van der Waals surface area contributed by atoms with Crippen molar-refractivity contribution >= 4 is 29.9 Å². The number of nitrogens with zero attached hydrogens (tertiary/aromatic N) is 3. The van der Waals surface area contributed by atoms with Gasteiger partial charge in [-0.05, 0) is 59.8 Å². The molecule has 7 heteroatoms. The highest BCUT2D eigenvalue weighted by Gasteiger charge is 2.24. The van der Waals surface area contributed by atoms with Crippen LogP contribution in [0, 0.1) is 0 Å². The quantitative estimate of drug-likeness (QED) is 0.309. The fraction of sp³-hybridized carbons (Fsp3) is 0.952. The SMILES string of the molecule is CN=C(NCCN(C(C)C)C(C)C)N1CCC(OCC2CCCCO2)CC1.I. The second-order valence-corrected chi connectivity index (χ2v) is 8.41. The zero-order valence-corrected chi connectivity index (χ0v) is 21.0. The molecule has 2 saturated heterocycles. The number of hydrogen-bond acceptors (Lipinski definition) is 4. The molecule has 166 valence electrons. The van der Waals surface area contributed by atoms with Gasteiger partial charge in [0.15, 0.2) is 5.96 Å². The summed E-state index contributed by atoms with van der Waals surface area (Å²) < 4.78 is 11.9. The first-order valence-corrected chi connectivity index (χ1v) is 11.0. The smallest absolute Gasteiger partial charge is 0.193 e. The van der Waals surface area contributed by atoms with Crippen LogP contribution in [0.3, 0.4) is 0 Å². The van der Waals surface area contributed by atoms with Crippen LogP contribution in [0.15, 0.2) is 4.99 Å². The molecule has 0 aromatic rings. The lowest BCUT2D eigenvalue weighted by Crippen LogP contribution is -2.49. The molecule has 1 atom stereocenters. The van der Waals surface area contributed by atoms with Gasteiger partial charge in [0, 0.05) is 51.9 Å². The van der Waals surface area contributed by atoms with Crippen LogP contribution < -0.4 is 5.32 Å². The van der Waals surface area contributed by atoms with Gasteiger partial charge in [0.05, 0.1) is 18.8 Å². The second-order valence-electron chi connectivity index (χ2n) is 8.41. The van der Waals surface area contributed by atoms with E-state index in [-0.39, 0.29) is 24.0 Å². The topological polar surface area (TPSA) is 49.3 Å². The predicted octanol–water partition coefficient (Wildman–Crippen LogP) is 3.35. The molecule has 2 fully saturated rings. The van der Waals surface area contributed by atoms with Crippen molar-refractivity contribution in [3.8, 4) is 0 Å². The number of guanidine groups is 1. The third kappa shape index (κ3) is 8.71. The number of ether oxygens (including phenoxy) is 2. The molecule has 2 rings (SSSR count). The van der Waals surface area contributed by atoms with Crippen LogP contribution in [0.1, 0.15) is 59.8 Å². The molecule has 28 heavy (non-hydrogen) atoms. The summed E-state index contributed by atoms with van der Waals surface area (Å²) in [7, 11) is 1.88. The van der Waals surface area contributed by atoms with E-state index in [9.17, 15) is 0 Å². The van der Waals surface area contributed by atoms with Crippen molar-refractivity contribution in [3.63, 3.8) is 0 Å². The molecule has 0 aliphatic carbocycles. The van der Waals surface area contributed by atoms with Gasteiger partial charge >= 0.3 is 0 Å². The number of piperidine rings is 1. The van der Waals surface area contributed by atoms with E-state index in [1.165, 1.54) is 12.8 Å². The highest BCUT2D eigenvalue weighted by atomic mass is 127. The molecule has 0 radical (unpaired) electrons. The Morgan fingerprint density at radius 3 is 2.36 bits per heavy atom. The van der Waals surface area contributed by atoms with E-state index in [4.69, 9.17) is 9.47 Å². The van der Waals surface area contributed by atoms with Gasteiger partial charge in [0.25, 0.3) is 0 Å². The van der Waals surface area contributed by atoms with Gasteiger partial charge in [-0.25, -0.2) is 0 Å². The van der Waals surface area contributed by atoms with Gasteiger partial charge in [0.2, 0.25) is 0 Å². The fourth-order valence-corrected chi connectivity index (χ4v) is 4.16. The third-order valence-electron chi connectivity index (χ3n) is 5.72. The highest BCUT2D eigenvalue weighted by Crippen LogP contribution is 2.18. The number of nitrogens with one attached hydrogen (secondary N) is 1. The first-order chi connectivity index (χ1) is 13.0. The maximum absolute atomic E-state index is 6.13. The van der Waals surface area contributed by atoms with Crippen molar-refractivity contribution in [1.82, 2.24) is 15.1 Å². The molecule has 2 aliphatic heterocycles. The molecule has 0 saturated carbocycles. The Kier molecular flexibility index (Phi) is 12.9. The van der Waals surface area contributed by atoms with E-state index in [1.807, 2.05) is 7.05 Å². The van der Waals surface area contributed by atoms with E-state index < -0.39 is 0 Å². The molecule has 0 amide bonds. The summed E-state index contributed by atoms with van der Waals surface area (Å²) in [6.07, 6.45) is 6.44. The minimum absolute atomic E-state index is 0. The van der Waals surface area contributed by atoms with E-state index in [0.29, 0.717) is 24.3 Å². The average Bonchev–Trinajstić information content (AvgIpc) is 2.67. The summed E-state index contributed by atoms with van der Waals surface area (Å²) in [4.78, 5) is 9.37. The van der Waals surface area contributed by atoms with Crippen molar-refractivity contribution in [2.45, 2.75) is 84.1 Å². The minimum atomic E-state index is 0. The molecule has 0 aromatic carbocycles. The number of aliphatic imine (C=N–C) groups is 1. The maximum atomic E-state index is 6.13. The van der Waals surface area contributed by atoms with E-state index in [1.54, 1.807) is 0 Å². The van der Waals surface area contributed by atoms with Crippen molar-refractivity contribution < 1.29 is 9.47 Å². The summed E-state index contributed by atoms with van der Waals surface area (Å²) in [5.41, 5.74) is 0. The number of halogens is 1. The lowest BCUT2D eigenvalue weighted by molar-refractivity contribution is -0.0721. The second kappa shape index (κ2) is 14.0. The Morgan fingerprint density at radius 1 is 1.14 bits per heavy atom. The summed E-state index contributed by atoms with van der Waals surface area (Å²) >= 11 is 0. The van der Waals surface area contributed by atoms with E-state index in [0.717, 1.165) is 64.6 Å². The molecule has 0 aromatic heterocycles. The minimum Gasteiger partial charge on any atom is -0.376 e. The van der Waals surface area contributed by atoms with Crippen LogP contribution in [-0.4, -0.2) is 86.5 Å². The standard InChI is InChI=1S/C21H42N4O2.HI/c1-17(2)25(18(3)4)14-11-23-21(22-5)24-12-9-19(10-13-24)27-16-20-8-6-7-15-26-20;/h17-20H,6-16H2,1-5H3,(H,22,23);1H. The van der Waals surface area contributed by atoms with Crippen LogP contribution in [0.25, 0.3) is 0 Å². The molecular formula is C21H43IN4O2. The Labute approximate surface area is 189 Å². The highest BCUT2D eigenvalue weighted by molar-refractivity contribution is 14.0. The zero-order valence-electron chi connectivity index (χ0n) is 18.7. The van der Waals surface area contributed by atoms with E-state index in [2.05, 4.69) is 47.8 Å². The van der Waals surface area contributed by atoms with Gasteiger partial charge < -0.3 is 19.7 Å². The van der Waals surface area contributed by atoms with Gasteiger partial charge in [-0.15, -0.1) is 24.0 Å². The lowest BCUT2D eigenvalue weighted by atomic mass is 10.1. The number of likely N-dealkylation sites (tertiary alicyclic amines) is 1. The first-order valence-electron chi connectivity index (χ1n) is 11.0. The van der Waals surface area contributed by atoms with E-state index >= 15 is 0 Å². The van der Waals surface area contributed by atoms with Crippen LogP contribution in [0.4, 0.5) is 0 Å². The summed E-state index contributed by atoms with van der Waals surface area (Å²) in [5.74, 6) is 1.02. The largest absolute Gasteiger partial charge is 0.376 e. The Balaban J connectivity index is 0.00000392. The monoisotopic (exact) mass is 510 g/mol. The normalized spacial score (nSPS) is 22.1. The van der Waals surface area contributed by atoms with Crippen LogP contribution in [0.2, 0.25) is 0 Å². The average molecular weight is 511 g/mol. The summed E-state index contributed by atoms with van der Waals surface area (Å²) in [6.45, 7) is 14.7. The Morgan fingerprint density at radius 2 is 1.82 bits per heavy atom. The van der Waals surface area contributed by atoms with Crippen molar-refractivity contribution in [3.05, 3.63) is 0 Å². The van der Waals surface area contributed by atoms with Gasteiger partial charge in [-0.3, -0.25) is 9.89 Å². The zero-order chi connectivity index (χ0) is 19.6. The van der Waals surface area contributed by atoms with Crippen LogP contribution in [0.5, 0.6) is 0 Å². The maximum Gasteiger partial charge on any atom is 0.193 e. The summed E-state index contributed by atoms with van der Waals surface area (Å²) in [6, 6.07) is 1.13. The lowest BCUT2D eigenvalue weighted by Gasteiger charge is -2.36. The summed E-state index contributed by atoms with van der Waals surface area (Å²) in [5, 5.41) is 3.55. The molecular weight excluding hydrogens is 467 g/mol. The third-order valence-corrected chi connectivity index (χ3v) is 5.72. The molecule has 1 N–H and O–H groups in total. The van der Waals surface area contributed by atoms with Crippen LogP contribution >= 0.6 is 24.0 Å². The molecule has 0 bridgehead atoms. The number of rotatable bonds is 8. The molecule has 0 spiro atoms. The molecule has 6 nitrogen and oxygen atoms in total. The Bertz CT molecular complexity index is 426. The van der Waals surface area contributed by atoms with Crippen molar-refractivity contribution in [2.24, 2.45) is 4.99 Å². The van der Waals surface area contributed by atoms with Gasteiger partial charge in [-0.2, -0.15) is 0 Å². The first kappa shape index (κ1) is 25.9. The molecule has 2 aliphatic rings. The van der Waals surface area contributed by atoms with Crippen molar-refractivity contribution in [2.75, 3.05) is 46.4 Å². The predicted molar refractivity (Wildman–Crippen MR) is 128 cm³/mol. The molecule has 2 heterocycles. The van der Waals surface area contributed by atoms with Gasteiger partial charge in [0.1, 0.15) is 0 Å². The van der Waals surface area contributed by atoms with Crippen molar-refractivity contribution in [1.29, 1.82) is 0 Å². The fourth-order valence-electron chi connectivity index (χ4n) is 4.16. The Hall–Kier alpha value is -0.120.